The average Bonchev–Trinajstić information content (AvgIpc) is 2.29. The van der Waals surface area contributed by atoms with Crippen molar-refractivity contribution >= 4 is 6.09 Å². The van der Waals surface area contributed by atoms with Crippen LogP contribution in [0.15, 0.2) is 0 Å². The largest absolute Gasteiger partial charge is 0.445 e. The summed E-state index contributed by atoms with van der Waals surface area (Å²) in [6.45, 7) is 5.80. The molecule has 0 saturated heterocycles. The van der Waals surface area contributed by atoms with E-state index in [1.807, 2.05) is 20.8 Å². The molecule has 0 radical (unpaired) electrons. The first kappa shape index (κ1) is 13.3. The van der Waals surface area contributed by atoms with Gasteiger partial charge in [-0.3, -0.25) is 0 Å². The molecule has 0 spiro atoms. The van der Waals surface area contributed by atoms with Gasteiger partial charge in [-0.05, 0) is 40.0 Å². The number of rotatable bonds is 1. The molecule has 0 heterocycles. The summed E-state index contributed by atoms with van der Waals surface area (Å²) >= 11 is 0. The second-order valence-electron chi connectivity index (χ2n) is 5.62. The molecule has 1 saturated carbocycles. The summed E-state index contributed by atoms with van der Waals surface area (Å²) in [4.78, 5) is 11.6. The molecule has 1 amide bonds. The Balaban J connectivity index is 2.42. The summed E-state index contributed by atoms with van der Waals surface area (Å²) < 4.78 is 5.38. The van der Waals surface area contributed by atoms with Crippen LogP contribution in [0.1, 0.15) is 52.9 Å². The predicted octanol–water partition coefficient (Wildman–Crippen LogP) is 2.17. The van der Waals surface area contributed by atoms with Crippen molar-refractivity contribution in [2.75, 3.05) is 0 Å². The molecule has 1 rings (SSSR count). The van der Waals surface area contributed by atoms with E-state index in [1.165, 1.54) is 6.42 Å². The molecule has 0 aromatic heterocycles. The summed E-state index contributed by atoms with van der Waals surface area (Å²) in [5.74, 6) is 0. The third kappa shape index (κ3) is 4.84. The summed E-state index contributed by atoms with van der Waals surface area (Å²) in [6, 6.07) is -0.00628. The molecule has 0 aromatic carbocycles. The average molecular weight is 228 g/mol. The molecule has 94 valence electrons. The van der Waals surface area contributed by atoms with Crippen molar-refractivity contribution in [3.8, 4) is 0 Å². The Kier molecular flexibility index (Phi) is 4.59. The number of hydrogen-bond donors (Lipinski definition) is 2. The van der Waals surface area contributed by atoms with Gasteiger partial charge >= 0.3 is 6.09 Å². The van der Waals surface area contributed by atoms with Crippen molar-refractivity contribution in [3.05, 3.63) is 0 Å². The minimum atomic E-state index is -0.352. The molecule has 1 aliphatic rings. The molecule has 16 heavy (non-hydrogen) atoms. The van der Waals surface area contributed by atoms with Crippen LogP contribution in [0.4, 0.5) is 4.79 Å². The highest BCUT2D eigenvalue weighted by Gasteiger charge is 2.25. The number of nitrogens with two attached hydrogens (primary N) is 1. The number of carbonyl (C=O) groups excluding carboxylic acids is 1. The van der Waals surface area contributed by atoms with Gasteiger partial charge in [0.2, 0.25) is 0 Å². The fraction of sp³-hybridized carbons (Fsp3) is 0.917. The SMILES string of the molecule is CC(C)(C)NC(=O)OC1CCCCCC1N. The first-order chi connectivity index (χ1) is 7.38. The van der Waals surface area contributed by atoms with Crippen molar-refractivity contribution < 1.29 is 9.53 Å². The van der Waals surface area contributed by atoms with Crippen molar-refractivity contribution in [1.82, 2.24) is 5.32 Å². The van der Waals surface area contributed by atoms with E-state index in [1.54, 1.807) is 0 Å². The van der Waals surface area contributed by atoms with Crippen LogP contribution in [-0.2, 0) is 4.74 Å². The highest BCUT2D eigenvalue weighted by molar-refractivity contribution is 5.68. The lowest BCUT2D eigenvalue weighted by molar-refractivity contribution is 0.0730. The van der Waals surface area contributed by atoms with Gasteiger partial charge in [-0.25, -0.2) is 4.79 Å². The summed E-state index contributed by atoms with van der Waals surface area (Å²) in [5.41, 5.74) is 5.73. The van der Waals surface area contributed by atoms with E-state index in [-0.39, 0.29) is 23.8 Å². The van der Waals surface area contributed by atoms with Crippen LogP contribution in [0.5, 0.6) is 0 Å². The Morgan fingerprint density at radius 3 is 2.50 bits per heavy atom. The van der Waals surface area contributed by atoms with Crippen LogP contribution in [0, 0.1) is 0 Å². The molecule has 2 atom stereocenters. The first-order valence-electron chi connectivity index (χ1n) is 6.13. The van der Waals surface area contributed by atoms with Gasteiger partial charge in [0, 0.05) is 11.6 Å². The van der Waals surface area contributed by atoms with Crippen molar-refractivity contribution in [2.45, 2.75) is 70.6 Å². The van der Waals surface area contributed by atoms with Crippen LogP contribution in [-0.4, -0.2) is 23.8 Å². The minimum Gasteiger partial charge on any atom is -0.445 e. The summed E-state index contributed by atoms with van der Waals surface area (Å²) in [6.07, 6.45) is 4.80. The summed E-state index contributed by atoms with van der Waals surface area (Å²) in [7, 11) is 0. The Labute approximate surface area is 97.9 Å². The molecule has 0 aromatic rings. The minimum absolute atomic E-state index is 0.00628. The Bertz CT molecular complexity index is 236. The van der Waals surface area contributed by atoms with E-state index in [9.17, 15) is 4.79 Å². The standard InChI is InChI=1S/C12H24N2O2/c1-12(2,3)14-11(15)16-10-8-6-4-5-7-9(10)13/h9-10H,4-8,13H2,1-3H3,(H,14,15). The highest BCUT2D eigenvalue weighted by Crippen LogP contribution is 2.19. The Morgan fingerprint density at radius 1 is 1.25 bits per heavy atom. The topological polar surface area (TPSA) is 64.3 Å². The van der Waals surface area contributed by atoms with Crippen molar-refractivity contribution in [3.63, 3.8) is 0 Å². The zero-order chi connectivity index (χ0) is 12.2. The van der Waals surface area contributed by atoms with Gasteiger partial charge in [0.1, 0.15) is 6.10 Å². The quantitative estimate of drug-likeness (QED) is 0.676. The van der Waals surface area contributed by atoms with Gasteiger partial charge in [-0.2, -0.15) is 0 Å². The van der Waals surface area contributed by atoms with E-state index in [0.29, 0.717) is 0 Å². The number of hydrogen-bond acceptors (Lipinski definition) is 3. The molecular formula is C12H24N2O2. The zero-order valence-corrected chi connectivity index (χ0v) is 10.6. The number of nitrogens with one attached hydrogen (secondary N) is 1. The van der Waals surface area contributed by atoms with Crippen molar-refractivity contribution in [1.29, 1.82) is 0 Å². The molecule has 0 bridgehead atoms. The monoisotopic (exact) mass is 228 g/mol. The maximum Gasteiger partial charge on any atom is 0.407 e. The molecule has 0 aliphatic heterocycles. The molecule has 4 nitrogen and oxygen atoms in total. The van der Waals surface area contributed by atoms with Crippen LogP contribution >= 0.6 is 0 Å². The van der Waals surface area contributed by atoms with E-state index >= 15 is 0 Å². The smallest absolute Gasteiger partial charge is 0.407 e. The second kappa shape index (κ2) is 5.53. The summed E-state index contributed by atoms with van der Waals surface area (Å²) in [5, 5.41) is 2.79. The molecule has 1 aliphatic carbocycles. The number of carbonyl (C=O) groups is 1. The molecular weight excluding hydrogens is 204 g/mol. The van der Waals surface area contributed by atoms with Crippen LogP contribution in [0.25, 0.3) is 0 Å². The Morgan fingerprint density at radius 2 is 1.88 bits per heavy atom. The highest BCUT2D eigenvalue weighted by atomic mass is 16.6. The molecule has 1 fully saturated rings. The van der Waals surface area contributed by atoms with Crippen LogP contribution in [0.2, 0.25) is 0 Å². The van der Waals surface area contributed by atoms with Crippen molar-refractivity contribution in [2.24, 2.45) is 5.73 Å². The second-order valence-corrected chi connectivity index (χ2v) is 5.62. The maximum atomic E-state index is 11.6. The fourth-order valence-electron chi connectivity index (χ4n) is 1.92. The van der Waals surface area contributed by atoms with Crippen LogP contribution in [0.3, 0.4) is 0 Å². The van der Waals surface area contributed by atoms with Gasteiger partial charge in [-0.1, -0.05) is 12.8 Å². The maximum absolute atomic E-state index is 11.6. The van der Waals surface area contributed by atoms with E-state index < -0.39 is 0 Å². The molecule has 3 N–H and O–H groups in total. The third-order valence-corrected chi connectivity index (χ3v) is 2.74. The Hall–Kier alpha value is -0.770. The van der Waals surface area contributed by atoms with Gasteiger partial charge in [0.05, 0.1) is 0 Å². The normalized spacial score (nSPS) is 27.0. The number of amides is 1. The lowest BCUT2D eigenvalue weighted by Gasteiger charge is -2.25. The molecule has 4 heteroatoms. The first-order valence-corrected chi connectivity index (χ1v) is 6.13. The number of ether oxygens (including phenoxy) is 1. The van der Waals surface area contributed by atoms with Gasteiger partial charge in [-0.15, -0.1) is 0 Å². The lowest BCUT2D eigenvalue weighted by Crippen LogP contribution is -2.45. The van der Waals surface area contributed by atoms with Gasteiger partial charge < -0.3 is 15.8 Å². The van der Waals surface area contributed by atoms with E-state index in [4.69, 9.17) is 10.5 Å². The third-order valence-electron chi connectivity index (χ3n) is 2.74. The van der Waals surface area contributed by atoms with Gasteiger partial charge in [0.15, 0.2) is 0 Å². The fourth-order valence-corrected chi connectivity index (χ4v) is 1.92. The lowest BCUT2D eigenvalue weighted by atomic mass is 10.1. The van der Waals surface area contributed by atoms with Crippen LogP contribution < -0.4 is 11.1 Å². The van der Waals surface area contributed by atoms with E-state index in [0.717, 1.165) is 25.7 Å². The predicted molar refractivity (Wildman–Crippen MR) is 64.2 cm³/mol. The molecule has 2 unspecified atom stereocenters. The van der Waals surface area contributed by atoms with Gasteiger partial charge in [0.25, 0.3) is 0 Å². The zero-order valence-electron chi connectivity index (χ0n) is 10.6. The number of alkyl carbamates (subject to hydrolysis) is 1. The van der Waals surface area contributed by atoms with E-state index in [2.05, 4.69) is 5.32 Å².